The summed E-state index contributed by atoms with van der Waals surface area (Å²) in [6, 6.07) is 12.3. The summed E-state index contributed by atoms with van der Waals surface area (Å²) >= 11 is 0. The molecule has 0 radical (unpaired) electrons. The maximum atomic E-state index is 13.1. The lowest BCUT2D eigenvalue weighted by atomic mass is 10.0. The summed E-state index contributed by atoms with van der Waals surface area (Å²) < 4.78 is 16.9. The average molecular weight is 621 g/mol. The van der Waals surface area contributed by atoms with Gasteiger partial charge in [0.15, 0.2) is 0 Å². The number of methoxy groups -OCH3 is 1. The highest BCUT2D eigenvalue weighted by atomic mass is 16.5. The van der Waals surface area contributed by atoms with Crippen molar-refractivity contribution in [1.82, 2.24) is 20.3 Å². The first-order chi connectivity index (χ1) is 22.5. The van der Waals surface area contributed by atoms with E-state index in [1.54, 1.807) is 49.6 Å². The van der Waals surface area contributed by atoms with Crippen LogP contribution in [0.1, 0.15) is 35.2 Å². The average Bonchev–Trinajstić information content (AvgIpc) is 3.60. The Labute approximate surface area is 265 Å². The maximum absolute atomic E-state index is 13.1. The molecular formula is C33H32N8O5. The minimum atomic E-state index is -0.372. The fourth-order valence-corrected chi connectivity index (χ4v) is 5.18. The van der Waals surface area contributed by atoms with Gasteiger partial charge < -0.3 is 30.2 Å². The van der Waals surface area contributed by atoms with E-state index in [-0.39, 0.29) is 29.4 Å². The second-order valence-corrected chi connectivity index (χ2v) is 10.8. The molecule has 46 heavy (non-hydrogen) atoms. The lowest BCUT2D eigenvalue weighted by Crippen LogP contribution is -2.24. The molecule has 0 bridgehead atoms. The van der Waals surface area contributed by atoms with Gasteiger partial charge in [-0.1, -0.05) is 5.57 Å². The highest BCUT2D eigenvalue weighted by Crippen LogP contribution is 2.37. The van der Waals surface area contributed by atoms with Crippen LogP contribution in [-0.4, -0.2) is 66.3 Å². The molecule has 2 aromatic heterocycles. The van der Waals surface area contributed by atoms with Gasteiger partial charge in [0.25, 0.3) is 5.91 Å². The predicted octanol–water partition coefficient (Wildman–Crippen LogP) is 4.32. The minimum Gasteiger partial charge on any atom is -0.497 e. The van der Waals surface area contributed by atoms with Gasteiger partial charge in [-0.25, -0.2) is 9.97 Å². The Balaban J connectivity index is 1.27. The number of pyridine rings is 1. The molecule has 4 N–H and O–H groups in total. The molecule has 2 aliphatic heterocycles. The van der Waals surface area contributed by atoms with Crippen LogP contribution in [0.5, 0.6) is 11.5 Å². The van der Waals surface area contributed by atoms with Gasteiger partial charge in [0, 0.05) is 35.7 Å². The van der Waals surface area contributed by atoms with Crippen LogP contribution in [0.25, 0.3) is 10.9 Å². The van der Waals surface area contributed by atoms with E-state index in [0.717, 1.165) is 37.9 Å². The van der Waals surface area contributed by atoms with Crippen LogP contribution in [0, 0.1) is 11.3 Å². The summed E-state index contributed by atoms with van der Waals surface area (Å²) in [6.45, 7) is 2.72. The van der Waals surface area contributed by atoms with Crippen molar-refractivity contribution in [2.24, 2.45) is 0 Å². The van der Waals surface area contributed by atoms with E-state index in [9.17, 15) is 14.9 Å². The number of nitrogens with one attached hydrogen (secondary N) is 4. The zero-order chi connectivity index (χ0) is 31.9. The molecule has 6 rings (SSSR count). The van der Waals surface area contributed by atoms with Crippen LogP contribution in [0.3, 0.4) is 0 Å². The number of fused-ring (bicyclic) bond motifs is 1. The van der Waals surface area contributed by atoms with Crippen LogP contribution >= 0.6 is 0 Å². The van der Waals surface area contributed by atoms with Gasteiger partial charge in [-0.15, -0.1) is 0 Å². The van der Waals surface area contributed by atoms with E-state index in [0.29, 0.717) is 58.2 Å². The third-order valence-electron chi connectivity index (χ3n) is 7.61. The second kappa shape index (κ2) is 14.0. The van der Waals surface area contributed by atoms with Gasteiger partial charge in [0.05, 0.1) is 60.9 Å². The summed E-state index contributed by atoms with van der Waals surface area (Å²) in [7, 11) is 1.55. The normalized spacial score (nSPS) is 15.9. The van der Waals surface area contributed by atoms with Gasteiger partial charge in [-0.3, -0.25) is 19.9 Å². The highest BCUT2D eigenvalue weighted by molar-refractivity contribution is 6.05. The van der Waals surface area contributed by atoms with E-state index >= 15 is 0 Å². The van der Waals surface area contributed by atoms with Crippen LogP contribution in [-0.2, 0) is 9.53 Å². The molecule has 1 atom stereocenters. The Morgan fingerprint density at radius 1 is 1.07 bits per heavy atom. The van der Waals surface area contributed by atoms with Crippen molar-refractivity contribution in [2.75, 3.05) is 49.4 Å². The number of nitriles is 1. The van der Waals surface area contributed by atoms with Gasteiger partial charge in [0.2, 0.25) is 11.9 Å². The number of amides is 2. The Hall–Kier alpha value is -5.58. The quantitative estimate of drug-likeness (QED) is 0.196. The Bertz CT molecular complexity index is 1810. The van der Waals surface area contributed by atoms with Gasteiger partial charge in [-0.05, 0) is 56.3 Å². The highest BCUT2D eigenvalue weighted by Gasteiger charge is 2.22. The van der Waals surface area contributed by atoms with E-state index in [1.165, 1.54) is 18.6 Å². The molecule has 2 saturated heterocycles. The van der Waals surface area contributed by atoms with Crippen molar-refractivity contribution in [3.05, 3.63) is 77.8 Å². The largest absolute Gasteiger partial charge is 0.497 e. The fourth-order valence-electron chi connectivity index (χ4n) is 5.18. The van der Waals surface area contributed by atoms with E-state index in [4.69, 9.17) is 14.2 Å². The molecule has 2 fully saturated rings. The first kappa shape index (κ1) is 30.4. The van der Waals surface area contributed by atoms with Crippen molar-refractivity contribution in [3.8, 4) is 17.6 Å². The molecular weight excluding hydrogens is 588 g/mol. The molecule has 2 aromatic carbocycles. The second-order valence-electron chi connectivity index (χ2n) is 10.8. The molecule has 13 nitrogen and oxygen atoms in total. The summed E-state index contributed by atoms with van der Waals surface area (Å²) in [6.07, 6.45) is 8.29. The monoisotopic (exact) mass is 620 g/mol. The molecule has 4 aromatic rings. The SMILES string of the molecule is COc1ccc(C(=O)Nc2ncc(Nc3c(C#N)cnc4cc(OC5CCOC5)c(NC(=O)C=C5CCNCC5)cc34)cn2)cc1. The number of rotatable bonds is 9. The summed E-state index contributed by atoms with van der Waals surface area (Å²) in [5.41, 5.74) is 3.69. The number of carbonyl (C=O) groups is 2. The summed E-state index contributed by atoms with van der Waals surface area (Å²) in [4.78, 5) is 38.8. The lowest BCUT2D eigenvalue weighted by molar-refractivity contribution is -0.112. The van der Waals surface area contributed by atoms with Crippen molar-refractivity contribution < 1.29 is 23.8 Å². The Morgan fingerprint density at radius 3 is 2.54 bits per heavy atom. The third-order valence-corrected chi connectivity index (χ3v) is 7.61. The number of carbonyl (C=O) groups excluding carboxylic acids is 2. The summed E-state index contributed by atoms with van der Waals surface area (Å²) in [5, 5.41) is 22.7. The third kappa shape index (κ3) is 7.20. The number of ether oxygens (including phenoxy) is 3. The first-order valence-corrected chi connectivity index (χ1v) is 14.9. The number of anilines is 4. The number of benzene rings is 2. The van der Waals surface area contributed by atoms with Crippen LogP contribution in [0.4, 0.5) is 23.0 Å². The van der Waals surface area contributed by atoms with Crippen molar-refractivity contribution in [1.29, 1.82) is 5.26 Å². The molecule has 0 saturated carbocycles. The number of piperidine rings is 1. The molecule has 4 heterocycles. The fraction of sp³-hybridized carbons (Fsp3) is 0.273. The van der Waals surface area contributed by atoms with Gasteiger partial charge in [0.1, 0.15) is 23.7 Å². The van der Waals surface area contributed by atoms with E-state index in [2.05, 4.69) is 42.3 Å². The smallest absolute Gasteiger partial charge is 0.258 e. The zero-order valence-electron chi connectivity index (χ0n) is 25.1. The van der Waals surface area contributed by atoms with Crippen molar-refractivity contribution >= 4 is 45.7 Å². The molecule has 2 aliphatic rings. The van der Waals surface area contributed by atoms with E-state index < -0.39 is 0 Å². The van der Waals surface area contributed by atoms with E-state index in [1.807, 2.05) is 0 Å². The molecule has 2 amide bonds. The Morgan fingerprint density at radius 2 is 1.85 bits per heavy atom. The van der Waals surface area contributed by atoms with Gasteiger partial charge in [-0.2, -0.15) is 5.26 Å². The number of hydrogen-bond donors (Lipinski definition) is 4. The van der Waals surface area contributed by atoms with Crippen LogP contribution < -0.4 is 30.7 Å². The first-order valence-electron chi connectivity index (χ1n) is 14.9. The van der Waals surface area contributed by atoms with Crippen LogP contribution in [0.15, 0.2) is 66.6 Å². The van der Waals surface area contributed by atoms with Crippen molar-refractivity contribution in [3.63, 3.8) is 0 Å². The number of nitrogens with zero attached hydrogens (tertiary/aromatic N) is 4. The minimum absolute atomic E-state index is 0.108. The number of hydrogen-bond acceptors (Lipinski definition) is 11. The van der Waals surface area contributed by atoms with Crippen molar-refractivity contribution in [2.45, 2.75) is 25.4 Å². The zero-order valence-corrected chi connectivity index (χ0v) is 25.1. The number of aromatic nitrogens is 3. The predicted molar refractivity (Wildman–Crippen MR) is 171 cm³/mol. The molecule has 0 spiro atoms. The molecule has 234 valence electrons. The topological polar surface area (TPSA) is 172 Å². The standard InChI is InChI=1S/C33H32N8O5/c1-44-24-4-2-21(3-5-24)32(43)41-33-37-17-23(18-38-33)39-31-22(15-34)16-36-27-14-29(46-25-8-11-45-19-25)28(13-26(27)31)40-30(42)12-20-6-9-35-10-7-20/h2-5,12-14,16-18,25,35H,6-11,19H2,1H3,(H,36,39)(H,40,42)(H,37,38,41,43). The Kier molecular flexibility index (Phi) is 9.28. The lowest BCUT2D eigenvalue weighted by Gasteiger charge is -2.19. The van der Waals surface area contributed by atoms with Gasteiger partial charge >= 0.3 is 0 Å². The van der Waals surface area contributed by atoms with Crippen LogP contribution in [0.2, 0.25) is 0 Å². The molecule has 0 aliphatic carbocycles. The molecule has 1 unspecified atom stereocenters. The maximum Gasteiger partial charge on any atom is 0.258 e. The molecule has 13 heteroatoms. The summed E-state index contributed by atoms with van der Waals surface area (Å²) in [5.74, 6) is 0.575.